The second-order valence-corrected chi connectivity index (χ2v) is 6.73. The molecule has 1 N–H and O–H groups in total. The summed E-state index contributed by atoms with van der Waals surface area (Å²) in [6, 6.07) is 0. The van der Waals surface area contributed by atoms with Gasteiger partial charge in [-0.1, -0.05) is 13.3 Å². The van der Waals surface area contributed by atoms with Crippen LogP contribution in [-0.4, -0.2) is 31.8 Å². The second-order valence-electron chi connectivity index (χ2n) is 5.08. The molecule has 1 amide bonds. The van der Waals surface area contributed by atoms with Crippen LogP contribution in [0.3, 0.4) is 0 Å². The third-order valence-electron chi connectivity index (χ3n) is 1.79. The van der Waals surface area contributed by atoms with Crippen molar-refractivity contribution < 1.29 is 13.2 Å². The number of nitrogens with one attached hydrogen (secondary N) is 1. The molecule has 5 nitrogen and oxygen atoms in total. The SMILES string of the molecule is CCCC/C(=N\S(C)(=O)=O)C(=O)NC(C)(C)C. The van der Waals surface area contributed by atoms with Gasteiger partial charge in [0.05, 0.1) is 6.26 Å². The lowest BCUT2D eigenvalue weighted by atomic mass is 10.1. The molecular formula is C11H22N2O3S. The van der Waals surface area contributed by atoms with Crippen molar-refractivity contribution in [2.24, 2.45) is 4.40 Å². The first kappa shape index (κ1) is 16.1. The summed E-state index contributed by atoms with van der Waals surface area (Å²) in [5, 5.41) is 2.72. The van der Waals surface area contributed by atoms with E-state index in [1.165, 1.54) is 0 Å². The van der Waals surface area contributed by atoms with Crippen molar-refractivity contribution in [3.05, 3.63) is 0 Å². The summed E-state index contributed by atoms with van der Waals surface area (Å²) < 4.78 is 25.7. The molecule has 100 valence electrons. The van der Waals surface area contributed by atoms with Crippen LogP contribution in [-0.2, 0) is 14.8 Å². The number of rotatable bonds is 5. The van der Waals surface area contributed by atoms with Crippen molar-refractivity contribution in [3.63, 3.8) is 0 Å². The van der Waals surface area contributed by atoms with Crippen LogP contribution in [0.25, 0.3) is 0 Å². The topological polar surface area (TPSA) is 75.6 Å². The standard InChI is InChI=1S/C11H22N2O3S/c1-6-7-8-9(13-17(5,15)16)10(14)12-11(2,3)4/h6-8H2,1-5H3,(H,12,14)/b13-9+. The molecule has 0 aromatic rings. The van der Waals surface area contributed by atoms with Crippen molar-refractivity contribution in [1.82, 2.24) is 5.32 Å². The molecule has 0 rings (SSSR count). The van der Waals surface area contributed by atoms with Gasteiger partial charge < -0.3 is 5.32 Å². The third kappa shape index (κ3) is 8.85. The fraction of sp³-hybridized carbons (Fsp3) is 0.818. The van der Waals surface area contributed by atoms with E-state index in [1.54, 1.807) is 0 Å². The molecule has 0 spiro atoms. The highest BCUT2D eigenvalue weighted by Gasteiger charge is 2.19. The van der Waals surface area contributed by atoms with Gasteiger partial charge in [-0.05, 0) is 33.6 Å². The maximum atomic E-state index is 11.8. The van der Waals surface area contributed by atoms with Crippen LogP contribution in [0.5, 0.6) is 0 Å². The van der Waals surface area contributed by atoms with Crippen LogP contribution in [0, 0.1) is 0 Å². The van der Waals surface area contributed by atoms with Crippen molar-refractivity contribution >= 4 is 21.6 Å². The maximum Gasteiger partial charge on any atom is 0.266 e. The molecule has 0 bridgehead atoms. The summed E-state index contributed by atoms with van der Waals surface area (Å²) in [7, 11) is -3.53. The van der Waals surface area contributed by atoms with Gasteiger partial charge in [-0.3, -0.25) is 4.79 Å². The van der Waals surface area contributed by atoms with E-state index in [4.69, 9.17) is 0 Å². The van der Waals surface area contributed by atoms with E-state index in [9.17, 15) is 13.2 Å². The molecule has 0 aliphatic heterocycles. The summed E-state index contributed by atoms with van der Waals surface area (Å²) in [5.74, 6) is -0.406. The first-order valence-corrected chi connectivity index (χ1v) is 7.51. The molecule has 6 heteroatoms. The predicted octanol–water partition coefficient (Wildman–Crippen LogP) is 1.49. The van der Waals surface area contributed by atoms with Gasteiger partial charge in [-0.25, -0.2) is 8.42 Å². The molecule has 0 aliphatic rings. The Kier molecular flexibility index (Phi) is 5.81. The number of amides is 1. The van der Waals surface area contributed by atoms with Gasteiger partial charge >= 0.3 is 0 Å². The van der Waals surface area contributed by atoms with Gasteiger partial charge in [0.15, 0.2) is 0 Å². The van der Waals surface area contributed by atoms with Crippen molar-refractivity contribution in [1.29, 1.82) is 0 Å². The molecule has 0 aromatic heterocycles. The molecule has 0 unspecified atom stereocenters. The first-order chi connectivity index (χ1) is 7.55. The van der Waals surface area contributed by atoms with Gasteiger partial charge in [0.2, 0.25) is 0 Å². The summed E-state index contributed by atoms with van der Waals surface area (Å²) in [6.45, 7) is 7.48. The van der Waals surface area contributed by atoms with Crippen LogP contribution in [0.4, 0.5) is 0 Å². The molecule has 0 saturated carbocycles. The monoisotopic (exact) mass is 262 g/mol. The Morgan fingerprint density at radius 2 is 1.82 bits per heavy atom. The predicted molar refractivity (Wildman–Crippen MR) is 69.7 cm³/mol. The van der Waals surface area contributed by atoms with E-state index in [-0.39, 0.29) is 5.71 Å². The number of carbonyl (C=O) groups is 1. The molecule has 17 heavy (non-hydrogen) atoms. The Balaban J connectivity index is 4.94. The van der Waals surface area contributed by atoms with E-state index in [0.717, 1.165) is 19.1 Å². The quantitative estimate of drug-likeness (QED) is 0.763. The average molecular weight is 262 g/mol. The normalized spacial score (nSPS) is 13.6. The van der Waals surface area contributed by atoms with Crippen LogP contribution in [0.1, 0.15) is 47.0 Å². The van der Waals surface area contributed by atoms with Gasteiger partial charge in [-0.2, -0.15) is 4.40 Å². The van der Waals surface area contributed by atoms with E-state index < -0.39 is 21.5 Å². The molecule has 0 aromatic carbocycles. The smallest absolute Gasteiger partial charge is 0.266 e. The largest absolute Gasteiger partial charge is 0.346 e. The highest BCUT2D eigenvalue weighted by Crippen LogP contribution is 2.04. The van der Waals surface area contributed by atoms with Gasteiger partial charge in [-0.15, -0.1) is 0 Å². The number of sulfonamides is 1. The Labute approximate surface area is 104 Å². The Morgan fingerprint density at radius 3 is 2.18 bits per heavy atom. The molecule has 0 saturated heterocycles. The zero-order chi connectivity index (χ0) is 13.7. The molecular weight excluding hydrogens is 240 g/mol. The zero-order valence-electron chi connectivity index (χ0n) is 11.2. The van der Waals surface area contributed by atoms with E-state index in [2.05, 4.69) is 9.71 Å². The number of unbranched alkanes of at least 4 members (excludes halogenated alkanes) is 1. The fourth-order valence-corrected chi connectivity index (χ4v) is 1.73. The summed E-state index contributed by atoms with van der Waals surface area (Å²) in [5.41, 5.74) is -0.314. The van der Waals surface area contributed by atoms with Gasteiger partial charge in [0, 0.05) is 5.54 Å². The van der Waals surface area contributed by atoms with Crippen LogP contribution < -0.4 is 5.32 Å². The Bertz CT molecular complexity index is 391. The highest BCUT2D eigenvalue weighted by atomic mass is 32.2. The minimum absolute atomic E-state index is 0.0873. The van der Waals surface area contributed by atoms with E-state index >= 15 is 0 Å². The Hall–Kier alpha value is -0.910. The van der Waals surface area contributed by atoms with E-state index in [0.29, 0.717) is 6.42 Å². The minimum atomic E-state index is -3.53. The fourth-order valence-electron chi connectivity index (χ4n) is 1.16. The number of hydrogen-bond acceptors (Lipinski definition) is 3. The molecule has 0 atom stereocenters. The lowest BCUT2D eigenvalue weighted by molar-refractivity contribution is -0.116. The summed E-state index contributed by atoms with van der Waals surface area (Å²) in [6.07, 6.45) is 2.99. The average Bonchev–Trinajstić information content (AvgIpc) is 2.07. The van der Waals surface area contributed by atoms with Gasteiger partial charge in [0.1, 0.15) is 5.71 Å². The van der Waals surface area contributed by atoms with Gasteiger partial charge in [0.25, 0.3) is 15.9 Å². The second kappa shape index (κ2) is 6.14. The summed E-state index contributed by atoms with van der Waals surface area (Å²) in [4.78, 5) is 11.8. The lowest BCUT2D eigenvalue weighted by Crippen LogP contribution is -2.44. The highest BCUT2D eigenvalue weighted by molar-refractivity contribution is 7.89. The zero-order valence-corrected chi connectivity index (χ0v) is 12.0. The number of hydrogen-bond donors (Lipinski definition) is 1. The minimum Gasteiger partial charge on any atom is -0.346 e. The van der Waals surface area contributed by atoms with Crippen molar-refractivity contribution in [2.75, 3.05) is 6.26 Å². The maximum absolute atomic E-state index is 11.8. The van der Waals surface area contributed by atoms with Crippen molar-refractivity contribution in [2.45, 2.75) is 52.5 Å². The molecule has 0 heterocycles. The van der Waals surface area contributed by atoms with Crippen LogP contribution >= 0.6 is 0 Å². The molecule has 0 fully saturated rings. The van der Waals surface area contributed by atoms with Crippen LogP contribution in [0.2, 0.25) is 0 Å². The Morgan fingerprint density at radius 1 is 1.29 bits per heavy atom. The van der Waals surface area contributed by atoms with Crippen LogP contribution in [0.15, 0.2) is 4.40 Å². The van der Waals surface area contributed by atoms with E-state index in [1.807, 2.05) is 27.7 Å². The number of nitrogens with zero attached hydrogens (tertiary/aromatic N) is 1. The summed E-state index contributed by atoms with van der Waals surface area (Å²) >= 11 is 0. The molecule has 0 aliphatic carbocycles. The lowest BCUT2D eigenvalue weighted by Gasteiger charge is -2.20. The molecule has 0 radical (unpaired) electrons. The first-order valence-electron chi connectivity index (χ1n) is 5.66. The number of carbonyl (C=O) groups excluding carboxylic acids is 1. The third-order valence-corrected chi connectivity index (χ3v) is 2.35. The van der Waals surface area contributed by atoms with Crippen molar-refractivity contribution in [3.8, 4) is 0 Å².